The Hall–Kier alpha value is -1.10. The average molecular weight is 256 g/mol. The van der Waals surface area contributed by atoms with E-state index in [-0.39, 0.29) is 11.9 Å². The van der Waals surface area contributed by atoms with Crippen molar-refractivity contribution in [2.24, 2.45) is 5.92 Å². The number of methoxy groups -OCH3 is 1. The van der Waals surface area contributed by atoms with E-state index >= 15 is 0 Å². The zero-order valence-corrected chi connectivity index (χ0v) is 11.6. The smallest absolute Gasteiger partial charge is 0.305 e. The number of nitrogens with zero attached hydrogens (tertiary/aromatic N) is 1. The molecule has 1 N–H and O–H groups in total. The summed E-state index contributed by atoms with van der Waals surface area (Å²) in [7, 11) is 1.41. The third-order valence-electron chi connectivity index (χ3n) is 3.46. The molecule has 1 rings (SSSR count). The third-order valence-corrected chi connectivity index (χ3v) is 3.46. The standard InChI is InChI=1S/C13H24N2O3/c1-4-14-12-7-11(5-6-13(17)18-3)8-15(9-12)10(2)16/h11-12,14H,4-9H2,1-3H3. The number of likely N-dealkylation sites (tertiary alicyclic amines) is 1. The number of ether oxygens (including phenoxy) is 1. The molecule has 0 spiro atoms. The number of carbonyl (C=O) groups excluding carboxylic acids is 2. The highest BCUT2D eigenvalue weighted by Gasteiger charge is 2.28. The first-order valence-corrected chi connectivity index (χ1v) is 6.62. The van der Waals surface area contributed by atoms with E-state index in [1.165, 1.54) is 7.11 Å². The Bertz CT molecular complexity index is 294. The normalized spacial score (nSPS) is 23.8. The van der Waals surface area contributed by atoms with Crippen LogP contribution >= 0.6 is 0 Å². The third kappa shape index (κ3) is 4.64. The molecule has 5 nitrogen and oxygen atoms in total. The molecule has 0 aromatic heterocycles. The van der Waals surface area contributed by atoms with Crippen LogP contribution in [0.2, 0.25) is 0 Å². The molecule has 104 valence electrons. The fourth-order valence-corrected chi connectivity index (χ4v) is 2.53. The van der Waals surface area contributed by atoms with E-state index in [2.05, 4.69) is 17.0 Å². The number of nitrogens with one attached hydrogen (secondary N) is 1. The minimum atomic E-state index is -0.171. The Labute approximate surface area is 109 Å². The van der Waals surface area contributed by atoms with Gasteiger partial charge < -0.3 is 15.0 Å². The molecule has 0 saturated carbocycles. The van der Waals surface area contributed by atoms with E-state index in [4.69, 9.17) is 0 Å². The summed E-state index contributed by atoms with van der Waals surface area (Å²) in [5.74, 6) is 0.321. The van der Waals surface area contributed by atoms with Crippen LogP contribution < -0.4 is 5.32 Å². The van der Waals surface area contributed by atoms with Gasteiger partial charge in [0.1, 0.15) is 0 Å². The van der Waals surface area contributed by atoms with E-state index in [1.54, 1.807) is 6.92 Å². The summed E-state index contributed by atoms with van der Waals surface area (Å²) in [6, 6.07) is 0.343. The lowest BCUT2D eigenvalue weighted by Crippen LogP contribution is -2.50. The minimum absolute atomic E-state index is 0.112. The number of carbonyl (C=O) groups is 2. The highest BCUT2D eigenvalue weighted by atomic mass is 16.5. The summed E-state index contributed by atoms with van der Waals surface area (Å²) < 4.78 is 4.65. The molecule has 1 heterocycles. The van der Waals surface area contributed by atoms with Crippen molar-refractivity contribution in [3.63, 3.8) is 0 Å². The van der Waals surface area contributed by atoms with E-state index in [0.29, 0.717) is 18.4 Å². The topological polar surface area (TPSA) is 58.6 Å². The Kier molecular flexibility index (Phi) is 6.12. The maximum atomic E-state index is 11.5. The van der Waals surface area contributed by atoms with Crippen molar-refractivity contribution in [2.75, 3.05) is 26.7 Å². The summed E-state index contributed by atoms with van der Waals surface area (Å²) in [6.45, 7) is 6.11. The predicted octanol–water partition coefficient (Wildman–Crippen LogP) is 0.786. The van der Waals surface area contributed by atoms with Gasteiger partial charge in [-0.05, 0) is 25.3 Å². The fourth-order valence-electron chi connectivity index (χ4n) is 2.53. The summed E-state index contributed by atoms with van der Waals surface area (Å²) in [5, 5.41) is 3.39. The molecule has 0 radical (unpaired) electrons. The van der Waals surface area contributed by atoms with Crippen molar-refractivity contribution in [1.29, 1.82) is 0 Å². The molecule has 0 aromatic carbocycles. The first-order valence-electron chi connectivity index (χ1n) is 6.62. The van der Waals surface area contributed by atoms with Crippen molar-refractivity contribution in [3.05, 3.63) is 0 Å². The highest BCUT2D eigenvalue weighted by molar-refractivity contribution is 5.73. The molecular formula is C13H24N2O3. The zero-order chi connectivity index (χ0) is 13.5. The molecule has 0 bridgehead atoms. The van der Waals surface area contributed by atoms with E-state index < -0.39 is 0 Å². The molecule has 5 heteroatoms. The summed E-state index contributed by atoms with van der Waals surface area (Å²) >= 11 is 0. The molecule has 0 aromatic rings. The first kappa shape index (κ1) is 15.0. The monoisotopic (exact) mass is 256 g/mol. The van der Waals surface area contributed by atoms with Crippen molar-refractivity contribution >= 4 is 11.9 Å². The Balaban J connectivity index is 2.50. The molecule has 18 heavy (non-hydrogen) atoms. The lowest BCUT2D eigenvalue weighted by molar-refractivity contribution is -0.141. The minimum Gasteiger partial charge on any atom is -0.469 e. The molecule has 2 unspecified atom stereocenters. The lowest BCUT2D eigenvalue weighted by atomic mass is 9.90. The van der Waals surface area contributed by atoms with Crippen LogP contribution in [0.3, 0.4) is 0 Å². The van der Waals surface area contributed by atoms with Crippen LogP contribution in [0.15, 0.2) is 0 Å². The van der Waals surface area contributed by atoms with Crippen LogP contribution in [0.1, 0.15) is 33.1 Å². The maximum absolute atomic E-state index is 11.5. The summed E-state index contributed by atoms with van der Waals surface area (Å²) in [6.07, 6.45) is 2.25. The Morgan fingerprint density at radius 1 is 1.39 bits per heavy atom. The average Bonchev–Trinajstić information content (AvgIpc) is 2.36. The van der Waals surface area contributed by atoms with E-state index in [1.807, 2.05) is 4.90 Å². The fraction of sp³-hybridized carbons (Fsp3) is 0.846. The Morgan fingerprint density at radius 3 is 2.67 bits per heavy atom. The van der Waals surface area contributed by atoms with Gasteiger partial charge in [0.15, 0.2) is 0 Å². The van der Waals surface area contributed by atoms with Gasteiger partial charge in [-0.25, -0.2) is 0 Å². The summed E-state index contributed by atoms with van der Waals surface area (Å²) in [5.41, 5.74) is 0. The van der Waals surface area contributed by atoms with Crippen LogP contribution in [0, 0.1) is 5.92 Å². The number of hydrogen-bond donors (Lipinski definition) is 1. The Morgan fingerprint density at radius 2 is 2.11 bits per heavy atom. The van der Waals surface area contributed by atoms with Crippen LogP contribution in [-0.2, 0) is 14.3 Å². The van der Waals surface area contributed by atoms with Crippen LogP contribution in [0.25, 0.3) is 0 Å². The second-order valence-corrected chi connectivity index (χ2v) is 4.90. The summed E-state index contributed by atoms with van der Waals surface area (Å²) in [4.78, 5) is 24.5. The van der Waals surface area contributed by atoms with Gasteiger partial charge >= 0.3 is 5.97 Å². The molecule has 1 aliphatic heterocycles. The number of amides is 1. The van der Waals surface area contributed by atoms with Gasteiger partial charge in [0.25, 0.3) is 0 Å². The highest BCUT2D eigenvalue weighted by Crippen LogP contribution is 2.21. The molecular weight excluding hydrogens is 232 g/mol. The van der Waals surface area contributed by atoms with Crippen LogP contribution in [0.5, 0.6) is 0 Å². The van der Waals surface area contributed by atoms with Crippen LogP contribution in [0.4, 0.5) is 0 Å². The van der Waals surface area contributed by atoms with Gasteiger partial charge in [-0.3, -0.25) is 9.59 Å². The molecule has 1 aliphatic rings. The number of likely N-dealkylation sites (N-methyl/N-ethyl adjacent to an activating group) is 1. The lowest BCUT2D eigenvalue weighted by Gasteiger charge is -2.37. The molecule has 1 amide bonds. The molecule has 1 fully saturated rings. The van der Waals surface area contributed by atoms with Gasteiger partial charge in [0, 0.05) is 32.5 Å². The largest absolute Gasteiger partial charge is 0.469 e. The van der Waals surface area contributed by atoms with Crippen LogP contribution in [-0.4, -0.2) is 49.6 Å². The zero-order valence-electron chi connectivity index (χ0n) is 11.6. The molecule has 1 saturated heterocycles. The maximum Gasteiger partial charge on any atom is 0.305 e. The van der Waals surface area contributed by atoms with Gasteiger partial charge in [-0.15, -0.1) is 0 Å². The number of esters is 1. The number of rotatable bonds is 5. The molecule has 0 aliphatic carbocycles. The first-order chi connectivity index (χ1) is 8.56. The van der Waals surface area contributed by atoms with Gasteiger partial charge in [0.05, 0.1) is 7.11 Å². The second kappa shape index (κ2) is 7.36. The number of hydrogen-bond acceptors (Lipinski definition) is 4. The van der Waals surface area contributed by atoms with Crippen molar-refractivity contribution < 1.29 is 14.3 Å². The van der Waals surface area contributed by atoms with Crippen molar-refractivity contribution in [3.8, 4) is 0 Å². The second-order valence-electron chi connectivity index (χ2n) is 4.90. The van der Waals surface area contributed by atoms with Crippen molar-refractivity contribution in [1.82, 2.24) is 10.2 Å². The quantitative estimate of drug-likeness (QED) is 0.739. The SMILES string of the molecule is CCNC1CC(CCC(=O)OC)CN(C(C)=O)C1. The van der Waals surface area contributed by atoms with Crippen molar-refractivity contribution in [2.45, 2.75) is 39.2 Å². The van der Waals surface area contributed by atoms with E-state index in [9.17, 15) is 9.59 Å². The van der Waals surface area contributed by atoms with Gasteiger partial charge in [-0.1, -0.05) is 6.92 Å². The predicted molar refractivity (Wildman–Crippen MR) is 69.1 cm³/mol. The van der Waals surface area contributed by atoms with E-state index in [0.717, 1.165) is 32.5 Å². The number of piperidine rings is 1. The van der Waals surface area contributed by atoms with Gasteiger partial charge in [-0.2, -0.15) is 0 Å². The van der Waals surface area contributed by atoms with Gasteiger partial charge in [0.2, 0.25) is 5.91 Å². The molecule has 2 atom stereocenters.